The van der Waals surface area contributed by atoms with E-state index in [4.69, 9.17) is 0 Å². The van der Waals surface area contributed by atoms with Crippen molar-refractivity contribution in [1.82, 2.24) is 9.88 Å². The molecule has 6 rings (SSSR count). The third kappa shape index (κ3) is 5.97. The van der Waals surface area contributed by atoms with Gasteiger partial charge in [-0.1, -0.05) is 36.0 Å². The Balaban J connectivity index is 1.24. The van der Waals surface area contributed by atoms with Crippen LogP contribution in [0.5, 0.6) is 0 Å². The lowest BCUT2D eigenvalue weighted by Crippen LogP contribution is -2.46. The number of carbonyl (C=O) groups excluding carboxylic acids is 1. The molecule has 1 spiro atoms. The van der Waals surface area contributed by atoms with Gasteiger partial charge in [-0.15, -0.1) is 0 Å². The molecule has 7 heteroatoms. The molecule has 2 aliphatic rings. The molecule has 1 aromatic heterocycles. The van der Waals surface area contributed by atoms with Gasteiger partial charge >= 0.3 is 0 Å². The largest absolute Gasteiger partial charge is 0.307 e. The lowest BCUT2D eigenvalue weighted by Gasteiger charge is -2.39. The number of hydrogen-bond acceptors (Lipinski definition) is 4. The second-order valence-corrected chi connectivity index (χ2v) is 12.0. The predicted octanol–water partition coefficient (Wildman–Crippen LogP) is 7.53. The molecule has 1 saturated heterocycles. The lowest BCUT2D eigenvalue weighted by atomic mass is 9.74. The fourth-order valence-electron chi connectivity index (χ4n) is 5.87. The van der Waals surface area contributed by atoms with Crippen LogP contribution in [0.4, 0.5) is 14.5 Å². The summed E-state index contributed by atoms with van der Waals surface area (Å²) in [7, 11) is 0. The Morgan fingerprint density at radius 1 is 0.927 bits per heavy atom. The Labute approximate surface area is 243 Å². The van der Waals surface area contributed by atoms with Crippen molar-refractivity contribution in [3.63, 3.8) is 0 Å². The summed E-state index contributed by atoms with van der Waals surface area (Å²) in [5, 5.41) is 0. The number of hydrogen-bond donors (Lipinski definition) is 0. The topological polar surface area (TPSA) is 36.4 Å². The van der Waals surface area contributed by atoms with E-state index in [1.165, 1.54) is 29.8 Å². The number of piperidine rings is 1. The Morgan fingerprint density at radius 2 is 1.61 bits per heavy atom. The summed E-state index contributed by atoms with van der Waals surface area (Å²) in [6, 6.07) is 23.1. The molecule has 0 unspecified atom stereocenters. The fraction of sp³-hybridized carbons (Fsp3) is 0.235. The van der Waals surface area contributed by atoms with Crippen molar-refractivity contribution in [1.29, 1.82) is 0 Å². The third-order valence-corrected chi connectivity index (χ3v) is 9.08. The number of rotatable bonds is 6. The van der Waals surface area contributed by atoms with Gasteiger partial charge < -0.3 is 4.90 Å². The van der Waals surface area contributed by atoms with Crippen LogP contribution in [0.15, 0.2) is 101 Å². The fourth-order valence-corrected chi connectivity index (χ4v) is 6.73. The lowest BCUT2D eigenvalue weighted by molar-refractivity contribution is 0.0977. The Bertz CT molecular complexity index is 1580. The van der Waals surface area contributed by atoms with Crippen molar-refractivity contribution in [2.75, 3.05) is 31.1 Å². The van der Waals surface area contributed by atoms with Gasteiger partial charge in [-0.05, 0) is 111 Å². The van der Waals surface area contributed by atoms with Gasteiger partial charge in [0.15, 0.2) is 0 Å². The first kappa shape index (κ1) is 27.4. The van der Waals surface area contributed by atoms with E-state index >= 15 is 0 Å². The molecule has 0 bridgehead atoms. The molecule has 0 aliphatic carbocycles. The zero-order valence-electron chi connectivity index (χ0n) is 22.9. The highest BCUT2D eigenvalue weighted by atomic mass is 32.2. The summed E-state index contributed by atoms with van der Waals surface area (Å²) in [5.74, 6) is -0.481. The molecule has 41 heavy (non-hydrogen) atoms. The summed E-state index contributed by atoms with van der Waals surface area (Å²) in [6.07, 6.45) is 7.73. The molecule has 0 saturated carbocycles. The number of nitrogens with zero attached hydrogens (tertiary/aromatic N) is 3. The normalized spacial score (nSPS) is 16.4. The number of likely N-dealkylation sites (tertiary alicyclic amines) is 1. The smallest absolute Gasteiger partial charge is 0.258 e. The minimum Gasteiger partial charge on any atom is -0.307 e. The van der Waals surface area contributed by atoms with Gasteiger partial charge in [0.05, 0.1) is 0 Å². The van der Waals surface area contributed by atoms with Gasteiger partial charge in [0.1, 0.15) is 11.6 Å². The van der Waals surface area contributed by atoms with Crippen LogP contribution in [-0.4, -0.2) is 42.0 Å². The Kier molecular flexibility index (Phi) is 7.73. The number of aryl methyl sites for hydroxylation is 1. The van der Waals surface area contributed by atoms with Gasteiger partial charge in [0, 0.05) is 51.4 Å². The highest BCUT2D eigenvalue weighted by molar-refractivity contribution is 7.99. The molecule has 0 N–H and O–H groups in total. The van der Waals surface area contributed by atoms with Crippen molar-refractivity contribution in [2.24, 2.45) is 0 Å². The molecular weight excluding hydrogens is 536 g/mol. The number of halogens is 2. The van der Waals surface area contributed by atoms with Crippen molar-refractivity contribution in [3.05, 3.63) is 125 Å². The second kappa shape index (κ2) is 11.6. The van der Waals surface area contributed by atoms with E-state index in [0.717, 1.165) is 59.2 Å². The monoisotopic (exact) mass is 567 g/mol. The van der Waals surface area contributed by atoms with E-state index in [9.17, 15) is 13.6 Å². The maximum atomic E-state index is 13.8. The molecule has 0 atom stereocenters. The van der Waals surface area contributed by atoms with Gasteiger partial charge in [-0.3, -0.25) is 14.7 Å². The SMILES string of the molecule is Cc1cc(C(=O)N2CC3(CCN(C/C=C/c4ccc(F)cc4)CC3)c3cc(Sc4ccc(F)cc4)ccc32)ccn1. The Hall–Kier alpha value is -3.81. The second-order valence-electron chi connectivity index (χ2n) is 10.8. The summed E-state index contributed by atoms with van der Waals surface area (Å²) < 4.78 is 26.7. The van der Waals surface area contributed by atoms with Crippen LogP contribution < -0.4 is 4.90 Å². The summed E-state index contributed by atoms with van der Waals surface area (Å²) in [4.78, 5) is 24.5. The van der Waals surface area contributed by atoms with E-state index in [0.29, 0.717) is 12.1 Å². The number of pyridine rings is 1. The maximum Gasteiger partial charge on any atom is 0.258 e. The van der Waals surface area contributed by atoms with Gasteiger partial charge in [-0.2, -0.15) is 0 Å². The van der Waals surface area contributed by atoms with Crippen molar-refractivity contribution in [2.45, 2.75) is 35.0 Å². The van der Waals surface area contributed by atoms with Crippen LogP contribution >= 0.6 is 11.8 Å². The standard InChI is InChI=1S/C34H31F2N3OS/c1-24-21-26(14-17-37-24)33(40)39-23-34(15-19-38(20-16-34)18-2-3-25-4-6-27(35)7-5-25)31-22-30(12-13-32(31)39)41-29-10-8-28(36)9-11-29/h2-14,17,21-22H,15-16,18-20,23H2,1H3/b3-2+. The molecule has 3 heterocycles. The maximum absolute atomic E-state index is 13.8. The zero-order chi connectivity index (χ0) is 28.4. The first-order chi connectivity index (χ1) is 19.9. The number of benzene rings is 3. The molecule has 0 radical (unpaired) electrons. The van der Waals surface area contributed by atoms with Crippen molar-refractivity contribution < 1.29 is 13.6 Å². The third-order valence-electron chi connectivity index (χ3n) is 8.09. The van der Waals surface area contributed by atoms with Gasteiger partial charge in [-0.25, -0.2) is 8.78 Å². The number of carbonyl (C=O) groups is 1. The van der Waals surface area contributed by atoms with Crippen molar-refractivity contribution >= 4 is 29.4 Å². The number of anilines is 1. The van der Waals surface area contributed by atoms with E-state index in [2.05, 4.69) is 34.2 Å². The minimum absolute atomic E-state index is 0.00257. The zero-order valence-corrected chi connectivity index (χ0v) is 23.7. The Morgan fingerprint density at radius 3 is 2.32 bits per heavy atom. The molecule has 1 fully saturated rings. The summed E-state index contributed by atoms with van der Waals surface area (Å²) in [6.45, 7) is 5.19. The van der Waals surface area contributed by atoms with Crippen LogP contribution in [0.2, 0.25) is 0 Å². The van der Waals surface area contributed by atoms with E-state index < -0.39 is 0 Å². The molecule has 208 valence electrons. The van der Waals surface area contributed by atoms with E-state index in [1.54, 1.807) is 48.3 Å². The summed E-state index contributed by atoms with van der Waals surface area (Å²) >= 11 is 1.61. The van der Waals surface area contributed by atoms with Crippen LogP contribution in [-0.2, 0) is 5.41 Å². The molecule has 1 amide bonds. The summed E-state index contributed by atoms with van der Waals surface area (Å²) in [5.41, 5.74) is 4.50. The van der Waals surface area contributed by atoms with Crippen LogP contribution in [0.1, 0.15) is 40.0 Å². The number of aromatic nitrogens is 1. The average molecular weight is 568 g/mol. The molecular formula is C34H31F2N3OS. The van der Waals surface area contributed by atoms with Crippen molar-refractivity contribution in [3.8, 4) is 0 Å². The molecule has 2 aliphatic heterocycles. The number of fused-ring (bicyclic) bond motifs is 2. The molecule has 4 aromatic rings. The van der Waals surface area contributed by atoms with E-state index in [1.807, 2.05) is 24.0 Å². The van der Waals surface area contributed by atoms with Crippen LogP contribution in [0, 0.1) is 18.6 Å². The predicted molar refractivity (Wildman–Crippen MR) is 160 cm³/mol. The first-order valence-corrected chi connectivity index (χ1v) is 14.7. The highest BCUT2D eigenvalue weighted by Crippen LogP contribution is 2.49. The molecule has 4 nitrogen and oxygen atoms in total. The minimum atomic E-state index is -0.248. The first-order valence-electron chi connectivity index (χ1n) is 13.9. The number of amides is 1. The van der Waals surface area contributed by atoms with Crippen LogP contribution in [0.3, 0.4) is 0 Å². The van der Waals surface area contributed by atoms with Crippen LogP contribution in [0.25, 0.3) is 6.08 Å². The van der Waals surface area contributed by atoms with E-state index in [-0.39, 0.29) is 23.0 Å². The van der Waals surface area contributed by atoms with Gasteiger partial charge in [0.25, 0.3) is 5.91 Å². The molecule has 3 aromatic carbocycles. The van der Waals surface area contributed by atoms with Gasteiger partial charge in [0.2, 0.25) is 0 Å². The quantitative estimate of drug-likeness (QED) is 0.241. The highest BCUT2D eigenvalue weighted by Gasteiger charge is 2.46. The average Bonchev–Trinajstić information content (AvgIpc) is 3.29.